The molecule has 1 atom stereocenters. The van der Waals surface area contributed by atoms with Gasteiger partial charge in [-0.2, -0.15) is 0 Å². The zero-order chi connectivity index (χ0) is 15.6. The Bertz CT molecular complexity index is 582. The predicted octanol–water partition coefficient (Wildman–Crippen LogP) is 2.56. The maximum Gasteiger partial charge on any atom is 0.222 e. The van der Waals surface area contributed by atoms with Gasteiger partial charge in [0.2, 0.25) is 5.91 Å². The number of carbonyl (C=O) groups is 1. The molecule has 0 aromatic carbocycles. The number of anilines is 1. The van der Waals surface area contributed by atoms with Gasteiger partial charge in [-0.1, -0.05) is 12.8 Å². The summed E-state index contributed by atoms with van der Waals surface area (Å²) in [5.41, 5.74) is 2.50. The molecule has 0 radical (unpaired) electrons. The lowest BCUT2D eigenvalue weighted by molar-refractivity contribution is -0.131. The summed E-state index contributed by atoms with van der Waals surface area (Å²) in [6, 6.07) is 0.335. The van der Waals surface area contributed by atoms with Gasteiger partial charge >= 0.3 is 0 Å². The lowest BCUT2D eigenvalue weighted by Gasteiger charge is -2.20. The average Bonchev–Trinajstić information content (AvgIpc) is 3.28. The van der Waals surface area contributed by atoms with Gasteiger partial charge in [-0.15, -0.1) is 0 Å². The van der Waals surface area contributed by atoms with E-state index in [9.17, 15) is 4.79 Å². The van der Waals surface area contributed by atoms with Crippen molar-refractivity contribution in [2.45, 2.75) is 63.8 Å². The van der Waals surface area contributed by atoms with Crippen LogP contribution in [0.5, 0.6) is 0 Å². The van der Waals surface area contributed by atoms with Gasteiger partial charge in [0.1, 0.15) is 12.1 Å². The van der Waals surface area contributed by atoms with Crippen LogP contribution < -0.4 is 5.32 Å². The van der Waals surface area contributed by atoms with E-state index in [1.165, 1.54) is 43.4 Å². The van der Waals surface area contributed by atoms with Gasteiger partial charge in [0, 0.05) is 36.8 Å². The molecular weight excluding hydrogens is 288 g/mol. The van der Waals surface area contributed by atoms with Crippen molar-refractivity contribution in [3.63, 3.8) is 0 Å². The summed E-state index contributed by atoms with van der Waals surface area (Å²) in [7, 11) is 0. The van der Waals surface area contributed by atoms with Crippen molar-refractivity contribution in [2.75, 3.05) is 18.4 Å². The number of hydrogen-bond donors (Lipinski definition) is 1. The second-order valence-corrected chi connectivity index (χ2v) is 7.33. The minimum atomic E-state index is 0.335. The average molecular weight is 314 g/mol. The fourth-order valence-electron chi connectivity index (χ4n) is 4.37. The van der Waals surface area contributed by atoms with E-state index in [1.54, 1.807) is 6.33 Å². The van der Waals surface area contributed by atoms with Gasteiger partial charge in [0.15, 0.2) is 0 Å². The summed E-state index contributed by atoms with van der Waals surface area (Å²) in [5, 5.41) is 3.57. The molecule has 124 valence electrons. The number of likely N-dealkylation sites (tertiary alicyclic amines) is 1. The third kappa shape index (κ3) is 3.19. The highest BCUT2D eigenvalue weighted by molar-refractivity contribution is 5.77. The van der Waals surface area contributed by atoms with Crippen molar-refractivity contribution in [3.8, 4) is 0 Å². The van der Waals surface area contributed by atoms with E-state index in [0.717, 1.165) is 44.6 Å². The summed E-state index contributed by atoms with van der Waals surface area (Å²) in [6.45, 7) is 1.71. The molecule has 5 heteroatoms. The molecule has 0 bridgehead atoms. The van der Waals surface area contributed by atoms with E-state index in [2.05, 4.69) is 20.2 Å². The summed E-state index contributed by atoms with van der Waals surface area (Å²) in [5.74, 6) is 2.00. The van der Waals surface area contributed by atoms with E-state index < -0.39 is 0 Å². The summed E-state index contributed by atoms with van der Waals surface area (Å²) in [4.78, 5) is 23.3. The van der Waals surface area contributed by atoms with Gasteiger partial charge in [-0.05, 0) is 44.4 Å². The van der Waals surface area contributed by atoms with Gasteiger partial charge in [0.25, 0.3) is 0 Å². The van der Waals surface area contributed by atoms with Crippen LogP contribution in [-0.2, 0) is 17.6 Å². The van der Waals surface area contributed by atoms with Crippen molar-refractivity contribution in [2.24, 2.45) is 5.92 Å². The SMILES string of the molecule is O=C(CC1CCCC1)N1CCC(Nc2ncnc3c2CCC3)C1. The number of amides is 1. The van der Waals surface area contributed by atoms with Crippen LogP contribution in [0.1, 0.15) is 56.2 Å². The lowest BCUT2D eigenvalue weighted by atomic mass is 10.0. The highest BCUT2D eigenvalue weighted by Crippen LogP contribution is 2.29. The molecule has 1 aliphatic heterocycles. The molecule has 1 unspecified atom stereocenters. The summed E-state index contributed by atoms with van der Waals surface area (Å²) >= 11 is 0. The molecule has 1 aromatic heterocycles. The molecular formula is C18H26N4O. The Hall–Kier alpha value is -1.65. The number of hydrogen-bond acceptors (Lipinski definition) is 4. The molecule has 1 saturated carbocycles. The van der Waals surface area contributed by atoms with Gasteiger partial charge in [-0.3, -0.25) is 4.79 Å². The summed E-state index contributed by atoms with van der Waals surface area (Å²) in [6.07, 6.45) is 11.9. The van der Waals surface area contributed by atoms with Crippen molar-refractivity contribution in [1.29, 1.82) is 0 Å². The quantitative estimate of drug-likeness (QED) is 0.928. The van der Waals surface area contributed by atoms with E-state index in [1.807, 2.05) is 0 Å². The van der Waals surface area contributed by atoms with E-state index in [-0.39, 0.29) is 0 Å². The number of carbonyl (C=O) groups excluding carboxylic acids is 1. The molecule has 2 heterocycles. The largest absolute Gasteiger partial charge is 0.365 e. The van der Waals surface area contributed by atoms with Crippen molar-refractivity contribution >= 4 is 11.7 Å². The van der Waals surface area contributed by atoms with Crippen LogP contribution in [0, 0.1) is 5.92 Å². The first-order valence-electron chi connectivity index (χ1n) is 9.16. The Kier molecular flexibility index (Phi) is 4.19. The van der Waals surface area contributed by atoms with Gasteiger partial charge < -0.3 is 10.2 Å². The van der Waals surface area contributed by atoms with E-state index in [4.69, 9.17) is 0 Å². The van der Waals surface area contributed by atoms with Gasteiger partial charge in [-0.25, -0.2) is 9.97 Å². The maximum absolute atomic E-state index is 12.5. The van der Waals surface area contributed by atoms with Crippen LogP contribution in [0.25, 0.3) is 0 Å². The Morgan fingerprint density at radius 2 is 2.04 bits per heavy atom. The second-order valence-electron chi connectivity index (χ2n) is 7.33. The highest BCUT2D eigenvalue weighted by atomic mass is 16.2. The molecule has 5 nitrogen and oxygen atoms in total. The zero-order valence-corrected chi connectivity index (χ0v) is 13.8. The number of nitrogens with zero attached hydrogens (tertiary/aromatic N) is 3. The van der Waals surface area contributed by atoms with Crippen molar-refractivity contribution < 1.29 is 4.79 Å². The molecule has 4 rings (SSSR count). The Morgan fingerprint density at radius 1 is 1.17 bits per heavy atom. The number of nitrogens with one attached hydrogen (secondary N) is 1. The fraction of sp³-hybridized carbons (Fsp3) is 0.722. The first kappa shape index (κ1) is 14.9. The zero-order valence-electron chi connectivity index (χ0n) is 13.8. The molecule has 2 fully saturated rings. The first-order chi connectivity index (χ1) is 11.3. The molecule has 1 amide bonds. The maximum atomic E-state index is 12.5. The molecule has 2 aliphatic carbocycles. The number of aromatic nitrogens is 2. The molecule has 3 aliphatic rings. The second kappa shape index (κ2) is 6.46. The molecule has 1 aromatic rings. The van der Waals surface area contributed by atoms with Crippen molar-refractivity contribution in [1.82, 2.24) is 14.9 Å². The minimum Gasteiger partial charge on any atom is -0.365 e. The predicted molar refractivity (Wildman–Crippen MR) is 89.2 cm³/mol. The highest BCUT2D eigenvalue weighted by Gasteiger charge is 2.29. The topological polar surface area (TPSA) is 58.1 Å². The standard InChI is InChI=1S/C18H26N4O/c23-17(10-13-4-1-2-5-13)22-9-8-14(11-22)21-18-15-6-3-7-16(15)19-12-20-18/h12-14H,1-11H2,(H,19,20,21). The van der Waals surface area contributed by atoms with Crippen LogP contribution in [0.3, 0.4) is 0 Å². The number of aryl methyl sites for hydroxylation is 1. The fourth-order valence-corrected chi connectivity index (χ4v) is 4.37. The Labute approximate surface area is 137 Å². The Morgan fingerprint density at radius 3 is 2.91 bits per heavy atom. The summed E-state index contributed by atoms with van der Waals surface area (Å²) < 4.78 is 0. The lowest BCUT2D eigenvalue weighted by Crippen LogP contribution is -2.32. The smallest absolute Gasteiger partial charge is 0.222 e. The molecule has 1 N–H and O–H groups in total. The van der Waals surface area contributed by atoms with Crippen LogP contribution in [0.2, 0.25) is 0 Å². The van der Waals surface area contributed by atoms with E-state index in [0.29, 0.717) is 17.9 Å². The van der Waals surface area contributed by atoms with Gasteiger partial charge in [0.05, 0.1) is 0 Å². The van der Waals surface area contributed by atoms with Crippen molar-refractivity contribution in [3.05, 3.63) is 17.6 Å². The van der Waals surface area contributed by atoms with Crippen LogP contribution in [0.15, 0.2) is 6.33 Å². The third-order valence-corrected chi connectivity index (χ3v) is 5.69. The van der Waals surface area contributed by atoms with Crippen LogP contribution >= 0.6 is 0 Å². The number of rotatable bonds is 4. The molecule has 23 heavy (non-hydrogen) atoms. The monoisotopic (exact) mass is 314 g/mol. The van der Waals surface area contributed by atoms with Crippen LogP contribution in [-0.4, -0.2) is 39.9 Å². The minimum absolute atomic E-state index is 0.335. The number of fused-ring (bicyclic) bond motifs is 1. The van der Waals surface area contributed by atoms with E-state index >= 15 is 0 Å². The molecule has 0 spiro atoms. The third-order valence-electron chi connectivity index (χ3n) is 5.69. The normalized spacial score (nSPS) is 24.2. The molecule has 1 saturated heterocycles. The first-order valence-corrected chi connectivity index (χ1v) is 9.16. The Balaban J connectivity index is 1.34. The van der Waals surface area contributed by atoms with Crippen LogP contribution in [0.4, 0.5) is 5.82 Å².